The van der Waals surface area contributed by atoms with Crippen LogP contribution in [-0.2, 0) is 4.79 Å². The summed E-state index contributed by atoms with van der Waals surface area (Å²) >= 11 is 5.98. The molecule has 5 heteroatoms. The molecule has 0 bridgehead atoms. The fraction of sp³-hybridized carbons (Fsp3) is 0.176. The quantitative estimate of drug-likeness (QED) is 0.792. The van der Waals surface area contributed by atoms with Gasteiger partial charge in [0, 0.05) is 24.2 Å². The number of carbonyl (C=O) groups is 2. The van der Waals surface area contributed by atoms with Crippen molar-refractivity contribution in [3.63, 3.8) is 0 Å². The highest BCUT2D eigenvalue weighted by Crippen LogP contribution is 2.20. The third-order valence-corrected chi connectivity index (χ3v) is 3.45. The van der Waals surface area contributed by atoms with E-state index in [1.54, 1.807) is 24.3 Å². The Hall–Kier alpha value is -2.33. The average Bonchev–Trinajstić information content (AvgIpc) is 2.50. The Kier molecular flexibility index (Phi) is 5.55. The number of hydrogen-bond donors (Lipinski definition) is 2. The second-order valence-corrected chi connectivity index (χ2v) is 5.25. The number of anilines is 2. The van der Waals surface area contributed by atoms with E-state index in [2.05, 4.69) is 10.6 Å². The first-order valence-corrected chi connectivity index (χ1v) is 7.33. The van der Waals surface area contributed by atoms with E-state index in [0.29, 0.717) is 29.2 Å². The van der Waals surface area contributed by atoms with E-state index in [-0.39, 0.29) is 11.7 Å². The van der Waals surface area contributed by atoms with E-state index in [9.17, 15) is 9.59 Å². The molecule has 0 heterocycles. The van der Waals surface area contributed by atoms with Crippen molar-refractivity contribution < 1.29 is 9.59 Å². The third kappa shape index (κ3) is 4.60. The Morgan fingerprint density at radius 3 is 2.36 bits per heavy atom. The fourth-order valence-corrected chi connectivity index (χ4v) is 2.10. The molecule has 0 atom stereocenters. The van der Waals surface area contributed by atoms with Crippen LogP contribution >= 0.6 is 11.6 Å². The van der Waals surface area contributed by atoms with E-state index in [0.717, 1.165) is 5.69 Å². The second kappa shape index (κ2) is 7.61. The van der Waals surface area contributed by atoms with Gasteiger partial charge in [0.15, 0.2) is 5.78 Å². The van der Waals surface area contributed by atoms with Crippen molar-refractivity contribution in [1.82, 2.24) is 0 Å². The Bertz CT molecular complexity index is 669. The van der Waals surface area contributed by atoms with Gasteiger partial charge in [-0.25, -0.2) is 0 Å². The minimum Gasteiger partial charge on any atom is -0.385 e. The molecule has 4 nitrogen and oxygen atoms in total. The number of halogens is 1. The van der Waals surface area contributed by atoms with Crippen LogP contribution in [0.3, 0.4) is 0 Å². The molecule has 2 rings (SSSR count). The number of ketones is 1. The smallest absolute Gasteiger partial charge is 0.226 e. The van der Waals surface area contributed by atoms with Gasteiger partial charge >= 0.3 is 0 Å². The summed E-state index contributed by atoms with van der Waals surface area (Å²) in [6, 6.07) is 14.3. The lowest BCUT2D eigenvalue weighted by atomic mass is 10.1. The monoisotopic (exact) mass is 316 g/mol. The van der Waals surface area contributed by atoms with Crippen LogP contribution in [0.4, 0.5) is 11.4 Å². The topological polar surface area (TPSA) is 58.2 Å². The van der Waals surface area contributed by atoms with Crippen molar-refractivity contribution in [2.45, 2.75) is 13.3 Å². The first kappa shape index (κ1) is 16.0. The molecule has 1 amide bonds. The van der Waals surface area contributed by atoms with Crippen LogP contribution < -0.4 is 10.6 Å². The number of nitrogens with one attached hydrogen (secondary N) is 2. The van der Waals surface area contributed by atoms with Crippen LogP contribution in [0, 0.1) is 0 Å². The SMILES string of the molecule is CC(=O)c1ccc(NCCC(=O)Nc2ccccc2Cl)cc1. The Balaban J connectivity index is 1.79. The number of benzene rings is 2. The first-order chi connectivity index (χ1) is 10.6. The van der Waals surface area contributed by atoms with Crippen LogP contribution in [0.15, 0.2) is 48.5 Å². The lowest BCUT2D eigenvalue weighted by Gasteiger charge is -2.09. The molecule has 0 aromatic heterocycles. The Morgan fingerprint density at radius 2 is 1.73 bits per heavy atom. The van der Waals surface area contributed by atoms with Crippen molar-refractivity contribution in [2.75, 3.05) is 17.2 Å². The Morgan fingerprint density at radius 1 is 1.05 bits per heavy atom. The minimum absolute atomic E-state index is 0.0330. The molecule has 0 spiro atoms. The first-order valence-electron chi connectivity index (χ1n) is 6.95. The maximum absolute atomic E-state index is 11.8. The van der Waals surface area contributed by atoms with Crippen LogP contribution in [0.5, 0.6) is 0 Å². The highest BCUT2D eigenvalue weighted by Gasteiger charge is 2.05. The molecule has 22 heavy (non-hydrogen) atoms. The van der Waals surface area contributed by atoms with Gasteiger partial charge in [-0.1, -0.05) is 23.7 Å². The Labute approximate surface area is 134 Å². The van der Waals surface area contributed by atoms with Crippen LogP contribution in [0.25, 0.3) is 0 Å². The van der Waals surface area contributed by atoms with Crippen LogP contribution in [0.2, 0.25) is 5.02 Å². The van der Waals surface area contributed by atoms with Gasteiger partial charge in [-0.15, -0.1) is 0 Å². The molecule has 0 unspecified atom stereocenters. The van der Waals surface area contributed by atoms with Crippen LogP contribution in [-0.4, -0.2) is 18.2 Å². The molecular formula is C17H17ClN2O2. The molecule has 2 aromatic rings. The van der Waals surface area contributed by atoms with Crippen LogP contribution in [0.1, 0.15) is 23.7 Å². The maximum Gasteiger partial charge on any atom is 0.226 e. The summed E-state index contributed by atoms with van der Waals surface area (Å²) in [5.74, 6) is -0.0772. The zero-order valence-corrected chi connectivity index (χ0v) is 13.0. The summed E-state index contributed by atoms with van der Waals surface area (Å²) in [7, 11) is 0. The number of para-hydroxylation sites is 1. The van der Waals surface area contributed by atoms with Gasteiger partial charge in [-0.3, -0.25) is 9.59 Å². The summed E-state index contributed by atoms with van der Waals surface area (Å²) in [6.07, 6.45) is 0.319. The molecule has 114 valence electrons. The zero-order chi connectivity index (χ0) is 15.9. The number of carbonyl (C=O) groups excluding carboxylic acids is 2. The molecule has 0 radical (unpaired) electrons. The fourth-order valence-electron chi connectivity index (χ4n) is 1.92. The van der Waals surface area contributed by atoms with Gasteiger partial charge in [-0.2, -0.15) is 0 Å². The van der Waals surface area contributed by atoms with E-state index < -0.39 is 0 Å². The molecule has 0 aliphatic heterocycles. The minimum atomic E-state index is -0.110. The average molecular weight is 317 g/mol. The molecule has 2 N–H and O–H groups in total. The summed E-state index contributed by atoms with van der Waals surface area (Å²) in [6.45, 7) is 2.02. The normalized spacial score (nSPS) is 10.1. The lowest BCUT2D eigenvalue weighted by molar-refractivity contribution is -0.115. The molecule has 0 saturated heterocycles. The van der Waals surface area contributed by atoms with Gasteiger partial charge in [0.1, 0.15) is 0 Å². The highest BCUT2D eigenvalue weighted by molar-refractivity contribution is 6.33. The van der Waals surface area contributed by atoms with E-state index in [1.165, 1.54) is 6.92 Å². The number of rotatable bonds is 6. The maximum atomic E-state index is 11.8. The van der Waals surface area contributed by atoms with Gasteiger partial charge in [0.25, 0.3) is 0 Å². The summed E-state index contributed by atoms with van der Waals surface area (Å²) < 4.78 is 0. The molecule has 0 aliphatic carbocycles. The molecule has 0 fully saturated rings. The molecule has 0 aliphatic rings. The van der Waals surface area contributed by atoms with Gasteiger partial charge < -0.3 is 10.6 Å². The van der Waals surface area contributed by atoms with Crippen molar-refractivity contribution in [2.24, 2.45) is 0 Å². The number of Topliss-reactive ketones (excluding diaryl/α,β-unsaturated/α-hetero) is 1. The van der Waals surface area contributed by atoms with Gasteiger partial charge in [-0.05, 0) is 43.3 Å². The van der Waals surface area contributed by atoms with Gasteiger partial charge in [0.2, 0.25) is 5.91 Å². The number of hydrogen-bond acceptors (Lipinski definition) is 3. The predicted molar refractivity (Wildman–Crippen MR) is 89.6 cm³/mol. The van der Waals surface area contributed by atoms with E-state index in [1.807, 2.05) is 24.3 Å². The van der Waals surface area contributed by atoms with Crippen molar-refractivity contribution in [3.05, 3.63) is 59.1 Å². The molecular weight excluding hydrogens is 300 g/mol. The summed E-state index contributed by atoms with van der Waals surface area (Å²) in [4.78, 5) is 23.0. The van der Waals surface area contributed by atoms with E-state index in [4.69, 9.17) is 11.6 Å². The van der Waals surface area contributed by atoms with Crippen molar-refractivity contribution >= 4 is 34.7 Å². The third-order valence-electron chi connectivity index (χ3n) is 3.12. The standard InChI is InChI=1S/C17H17ClN2O2/c1-12(21)13-6-8-14(9-7-13)19-11-10-17(22)20-16-5-3-2-4-15(16)18/h2-9,19H,10-11H2,1H3,(H,20,22). The lowest BCUT2D eigenvalue weighted by Crippen LogP contribution is -2.16. The molecule has 0 saturated carbocycles. The largest absolute Gasteiger partial charge is 0.385 e. The van der Waals surface area contributed by atoms with E-state index >= 15 is 0 Å². The van der Waals surface area contributed by atoms with Crippen molar-refractivity contribution in [1.29, 1.82) is 0 Å². The second-order valence-electron chi connectivity index (χ2n) is 4.84. The summed E-state index contributed by atoms with van der Waals surface area (Å²) in [5.41, 5.74) is 2.15. The van der Waals surface area contributed by atoms with Crippen molar-refractivity contribution in [3.8, 4) is 0 Å². The predicted octanol–water partition coefficient (Wildman–Crippen LogP) is 3.98. The number of amides is 1. The highest BCUT2D eigenvalue weighted by atomic mass is 35.5. The summed E-state index contributed by atoms with van der Waals surface area (Å²) in [5, 5.41) is 6.42. The zero-order valence-electron chi connectivity index (χ0n) is 12.2. The molecule has 2 aromatic carbocycles. The van der Waals surface area contributed by atoms with Gasteiger partial charge in [0.05, 0.1) is 10.7 Å².